The van der Waals surface area contributed by atoms with E-state index in [0.29, 0.717) is 13.1 Å². The highest BCUT2D eigenvalue weighted by Crippen LogP contribution is 2.24. The van der Waals surface area contributed by atoms with E-state index in [-0.39, 0.29) is 0 Å². The van der Waals surface area contributed by atoms with E-state index < -0.39 is 10.0 Å². The van der Waals surface area contributed by atoms with Crippen LogP contribution in [0.5, 0.6) is 0 Å². The van der Waals surface area contributed by atoms with Crippen LogP contribution in [0.1, 0.15) is 0 Å². The standard InChI is InChI=1S/C6H14N2O2S3/c1-11-12-7-3-5-8(6-4-7)13(2,9)10/h3-6H2,1-2H3. The lowest BCUT2D eigenvalue weighted by Crippen LogP contribution is -2.45. The van der Waals surface area contributed by atoms with Crippen LogP contribution in [0.15, 0.2) is 0 Å². The Morgan fingerprint density at radius 2 is 1.69 bits per heavy atom. The number of piperazine rings is 1. The second kappa shape index (κ2) is 4.88. The predicted octanol–water partition coefficient (Wildman–Crippen LogP) is 0.490. The molecule has 0 aromatic heterocycles. The van der Waals surface area contributed by atoms with Crippen LogP contribution in [0.3, 0.4) is 0 Å². The van der Waals surface area contributed by atoms with Crippen molar-refractivity contribution >= 4 is 31.8 Å². The van der Waals surface area contributed by atoms with Crippen molar-refractivity contribution in [2.45, 2.75) is 0 Å². The first kappa shape index (κ1) is 11.6. The molecule has 78 valence electrons. The third kappa shape index (κ3) is 3.67. The molecule has 0 aromatic rings. The quantitative estimate of drug-likeness (QED) is 0.532. The van der Waals surface area contributed by atoms with E-state index in [1.807, 2.05) is 6.26 Å². The number of hydrogen-bond acceptors (Lipinski definition) is 5. The average Bonchev–Trinajstić information content (AvgIpc) is 2.04. The van der Waals surface area contributed by atoms with Gasteiger partial charge >= 0.3 is 0 Å². The number of hydrogen-bond donors (Lipinski definition) is 0. The highest BCUT2D eigenvalue weighted by molar-refractivity contribution is 8.75. The molecule has 1 fully saturated rings. The third-order valence-corrected chi connectivity index (χ3v) is 4.95. The monoisotopic (exact) mass is 242 g/mol. The summed E-state index contributed by atoms with van der Waals surface area (Å²) in [6.45, 7) is 2.87. The van der Waals surface area contributed by atoms with Crippen molar-refractivity contribution in [3.05, 3.63) is 0 Å². The molecule has 1 aliphatic heterocycles. The highest BCUT2D eigenvalue weighted by Gasteiger charge is 2.23. The lowest BCUT2D eigenvalue weighted by Gasteiger charge is -2.31. The maximum Gasteiger partial charge on any atom is 0.211 e. The van der Waals surface area contributed by atoms with Crippen LogP contribution in [0, 0.1) is 0 Å². The second-order valence-electron chi connectivity index (χ2n) is 2.83. The summed E-state index contributed by atoms with van der Waals surface area (Å²) in [6, 6.07) is 0. The van der Waals surface area contributed by atoms with Crippen molar-refractivity contribution in [1.82, 2.24) is 8.61 Å². The lowest BCUT2D eigenvalue weighted by molar-refractivity contribution is 0.292. The topological polar surface area (TPSA) is 40.6 Å². The highest BCUT2D eigenvalue weighted by atomic mass is 33.1. The molecule has 1 rings (SSSR count). The fraction of sp³-hybridized carbons (Fsp3) is 1.00. The van der Waals surface area contributed by atoms with Gasteiger partial charge in [-0.25, -0.2) is 12.7 Å². The van der Waals surface area contributed by atoms with Gasteiger partial charge in [-0.05, 0) is 17.2 Å². The summed E-state index contributed by atoms with van der Waals surface area (Å²) < 4.78 is 26.0. The van der Waals surface area contributed by atoms with E-state index in [1.54, 1.807) is 21.8 Å². The average molecular weight is 242 g/mol. The Hall–Kier alpha value is 0.570. The van der Waals surface area contributed by atoms with Gasteiger partial charge < -0.3 is 0 Å². The molecule has 1 heterocycles. The maximum atomic E-state index is 11.1. The molecule has 0 aromatic carbocycles. The van der Waals surface area contributed by atoms with Gasteiger partial charge in [-0.3, -0.25) is 0 Å². The molecule has 0 atom stereocenters. The summed E-state index contributed by atoms with van der Waals surface area (Å²) in [5.74, 6) is 0. The molecule has 1 aliphatic rings. The van der Waals surface area contributed by atoms with E-state index in [0.717, 1.165) is 13.1 Å². The van der Waals surface area contributed by atoms with Gasteiger partial charge in [0.25, 0.3) is 0 Å². The van der Waals surface area contributed by atoms with Crippen LogP contribution in [-0.4, -0.2) is 55.7 Å². The number of rotatable bonds is 3. The molecule has 0 spiro atoms. The van der Waals surface area contributed by atoms with Gasteiger partial charge in [0.1, 0.15) is 0 Å². The molecule has 4 nitrogen and oxygen atoms in total. The number of sulfonamides is 1. The Balaban J connectivity index is 2.39. The molecule has 0 unspecified atom stereocenters. The first-order valence-corrected chi connectivity index (χ1v) is 8.31. The summed E-state index contributed by atoms with van der Waals surface area (Å²) in [5, 5.41) is 0. The SMILES string of the molecule is CSSN1CCN(S(C)(=O)=O)CC1. The lowest BCUT2D eigenvalue weighted by atomic mass is 10.4. The third-order valence-electron chi connectivity index (χ3n) is 1.85. The minimum absolute atomic E-state index is 0.617. The summed E-state index contributed by atoms with van der Waals surface area (Å²) in [7, 11) is 0.411. The Kier molecular flexibility index (Phi) is 4.37. The van der Waals surface area contributed by atoms with Crippen molar-refractivity contribution in [3.63, 3.8) is 0 Å². The fourth-order valence-electron chi connectivity index (χ4n) is 1.18. The molecule has 0 N–H and O–H groups in total. The number of nitrogens with zero attached hydrogens (tertiary/aromatic N) is 2. The Labute approximate surface area is 87.6 Å². The van der Waals surface area contributed by atoms with Gasteiger partial charge in [0.15, 0.2) is 0 Å². The van der Waals surface area contributed by atoms with Crippen molar-refractivity contribution < 1.29 is 8.42 Å². The molecule has 13 heavy (non-hydrogen) atoms. The van der Waals surface area contributed by atoms with Gasteiger partial charge in [0.2, 0.25) is 10.0 Å². The zero-order valence-corrected chi connectivity index (χ0v) is 10.2. The largest absolute Gasteiger partial charge is 0.239 e. The smallest absolute Gasteiger partial charge is 0.211 e. The van der Waals surface area contributed by atoms with E-state index in [2.05, 4.69) is 4.31 Å². The molecule has 0 saturated carbocycles. The van der Waals surface area contributed by atoms with Crippen molar-refractivity contribution in [1.29, 1.82) is 0 Å². The second-order valence-corrected chi connectivity index (χ2v) is 7.26. The fourth-order valence-corrected chi connectivity index (χ4v) is 3.61. The molecule has 0 amide bonds. The summed E-state index contributed by atoms with van der Waals surface area (Å²) in [4.78, 5) is 0. The summed E-state index contributed by atoms with van der Waals surface area (Å²) in [6.07, 6.45) is 3.29. The molecule has 0 bridgehead atoms. The van der Waals surface area contributed by atoms with Gasteiger partial charge in [-0.2, -0.15) is 4.31 Å². The first-order chi connectivity index (χ1) is 6.04. The van der Waals surface area contributed by atoms with Gasteiger partial charge in [0.05, 0.1) is 6.26 Å². The van der Waals surface area contributed by atoms with Crippen molar-refractivity contribution in [2.75, 3.05) is 38.7 Å². The molecular weight excluding hydrogens is 228 g/mol. The Bertz CT molecular complexity index is 247. The zero-order chi connectivity index (χ0) is 9.90. The maximum absolute atomic E-state index is 11.1. The van der Waals surface area contributed by atoms with Crippen LogP contribution >= 0.6 is 21.8 Å². The molecule has 0 aliphatic carbocycles. The normalized spacial score (nSPS) is 22.0. The molecular formula is C6H14N2O2S3. The van der Waals surface area contributed by atoms with E-state index >= 15 is 0 Å². The van der Waals surface area contributed by atoms with E-state index in [4.69, 9.17) is 0 Å². The van der Waals surface area contributed by atoms with Crippen molar-refractivity contribution in [3.8, 4) is 0 Å². The minimum Gasteiger partial charge on any atom is -0.239 e. The molecule has 7 heteroatoms. The van der Waals surface area contributed by atoms with E-state index in [1.165, 1.54) is 10.6 Å². The van der Waals surface area contributed by atoms with Gasteiger partial charge in [-0.15, -0.1) is 0 Å². The van der Waals surface area contributed by atoms with Crippen molar-refractivity contribution in [2.24, 2.45) is 0 Å². The minimum atomic E-state index is -2.97. The van der Waals surface area contributed by atoms with Gasteiger partial charge in [-0.1, -0.05) is 10.8 Å². The predicted molar refractivity (Wildman–Crippen MR) is 59.1 cm³/mol. The van der Waals surface area contributed by atoms with Crippen LogP contribution in [0.2, 0.25) is 0 Å². The van der Waals surface area contributed by atoms with Crippen LogP contribution in [-0.2, 0) is 10.0 Å². The Morgan fingerprint density at radius 1 is 1.15 bits per heavy atom. The van der Waals surface area contributed by atoms with Crippen LogP contribution in [0.4, 0.5) is 0 Å². The zero-order valence-electron chi connectivity index (χ0n) is 7.76. The van der Waals surface area contributed by atoms with E-state index in [9.17, 15) is 8.42 Å². The van der Waals surface area contributed by atoms with Crippen LogP contribution in [0.25, 0.3) is 0 Å². The molecule has 0 radical (unpaired) electrons. The summed E-state index contributed by atoms with van der Waals surface area (Å²) >= 11 is 0. The van der Waals surface area contributed by atoms with Gasteiger partial charge in [0, 0.05) is 26.2 Å². The van der Waals surface area contributed by atoms with Crippen LogP contribution < -0.4 is 0 Å². The summed E-state index contributed by atoms with van der Waals surface area (Å²) in [5.41, 5.74) is 0. The first-order valence-electron chi connectivity index (χ1n) is 3.95. The Morgan fingerprint density at radius 3 is 2.08 bits per heavy atom. The molecule has 1 saturated heterocycles.